The third-order valence-corrected chi connectivity index (χ3v) is 7.34. The van der Waals surface area contributed by atoms with Gasteiger partial charge in [-0.3, -0.25) is 4.90 Å². The lowest BCUT2D eigenvalue weighted by molar-refractivity contribution is -0.142. The van der Waals surface area contributed by atoms with Crippen molar-refractivity contribution < 1.29 is 19.4 Å². The van der Waals surface area contributed by atoms with Gasteiger partial charge in [-0.15, -0.1) is 0 Å². The van der Waals surface area contributed by atoms with E-state index in [1.807, 2.05) is 13.0 Å². The van der Waals surface area contributed by atoms with Crippen LogP contribution in [0.25, 0.3) is 0 Å². The van der Waals surface area contributed by atoms with E-state index in [4.69, 9.17) is 9.47 Å². The van der Waals surface area contributed by atoms with E-state index >= 15 is 0 Å². The molecule has 1 aromatic rings. The molecule has 27 heavy (non-hydrogen) atoms. The highest BCUT2D eigenvalue weighted by Gasteiger charge is 2.67. The second-order valence-corrected chi connectivity index (χ2v) is 8.22. The Hall–Kier alpha value is -1.89. The molecule has 5 rings (SSSR count). The van der Waals surface area contributed by atoms with Gasteiger partial charge in [0.15, 0.2) is 0 Å². The van der Waals surface area contributed by atoms with Gasteiger partial charge >= 0.3 is 5.97 Å². The van der Waals surface area contributed by atoms with Crippen LogP contribution in [0.1, 0.15) is 18.9 Å². The molecule has 3 heterocycles. The third kappa shape index (κ3) is 1.98. The van der Waals surface area contributed by atoms with Gasteiger partial charge in [0.2, 0.25) is 0 Å². The summed E-state index contributed by atoms with van der Waals surface area (Å²) in [6.07, 6.45) is 0.220. The molecule has 0 aromatic heterocycles. The summed E-state index contributed by atoms with van der Waals surface area (Å²) in [5.41, 5.74) is 3.58. The SMILES string of the molecule is COC(=O)C1=C2Nc3ccccc3[C@]23CCN2C[C@@H](O)[C@H]1[C@H]([C@@H](C)OC)[C@@H]23. The summed E-state index contributed by atoms with van der Waals surface area (Å²) in [7, 11) is 3.13. The van der Waals surface area contributed by atoms with Crippen LogP contribution in [0, 0.1) is 11.8 Å². The third-order valence-electron chi connectivity index (χ3n) is 7.34. The van der Waals surface area contributed by atoms with Crippen LogP contribution >= 0.6 is 0 Å². The topological polar surface area (TPSA) is 71.0 Å². The number of methoxy groups -OCH3 is 2. The van der Waals surface area contributed by atoms with E-state index in [9.17, 15) is 9.90 Å². The van der Waals surface area contributed by atoms with Gasteiger partial charge in [-0.05, 0) is 31.5 Å². The fourth-order valence-corrected chi connectivity index (χ4v) is 6.34. The molecule has 0 amide bonds. The zero-order valence-corrected chi connectivity index (χ0v) is 15.9. The average Bonchev–Trinajstić information content (AvgIpc) is 3.23. The molecule has 0 unspecified atom stereocenters. The van der Waals surface area contributed by atoms with Gasteiger partial charge in [0.25, 0.3) is 0 Å². The molecule has 1 aliphatic carbocycles. The zero-order valence-electron chi connectivity index (χ0n) is 15.9. The van der Waals surface area contributed by atoms with Crippen LogP contribution < -0.4 is 5.32 Å². The maximum Gasteiger partial charge on any atom is 0.335 e. The van der Waals surface area contributed by atoms with Crippen molar-refractivity contribution in [2.45, 2.75) is 37.0 Å². The zero-order chi connectivity index (χ0) is 18.9. The first-order valence-electron chi connectivity index (χ1n) is 9.69. The lowest BCUT2D eigenvalue weighted by atomic mass is 9.56. The average molecular weight is 370 g/mol. The summed E-state index contributed by atoms with van der Waals surface area (Å²) in [5.74, 6) is -0.621. The largest absolute Gasteiger partial charge is 0.466 e. The molecule has 2 fully saturated rings. The van der Waals surface area contributed by atoms with Gasteiger partial charge in [-0.1, -0.05) is 18.2 Å². The molecule has 2 N–H and O–H groups in total. The minimum Gasteiger partial charge on any atom is -0.466 e. The van der Waals surface area contributed by atoms with Crippen LogP contribution in [0.2, 0.25) is 0 Å². The molecule has 0 saturated carbocycles. The Kier molecular flexibility index (Phi) is 3.70. The Labute approximate surface area is 159 Å². The summed E-state index contributed by atoms with van der Waals surface area (Å²) in [6, 6.07) is 8.52. The van der Waals surface area contributed by atoms with E-state index in [0.717, 1.165) is 24.4 Å². The summed E-state index contributed by atoms with van der Waals surface area (Å²) < 4.78 is 11.0. The van der Waals surface area contributed by atoms with Crippen LogP contribution in [0.4, 0.5) is 5.69 Å². The van der Waals surface area contributed by atoms with Crippen molar-refractivity contribution in [2.75, 3.05) is 32.6 Å². The lowest BCUT2D eigenvalue weighted by Crippen LogP contribution is -2.65. The monoisotopic (exact) mass is 370 g/mol. The number of rotatable bonds is 3. The number of carbonyl (C=O) groups is 1. The van der Waals surface area contributed by atoms with E-state index in [1.54, 1.807) is 7.11 Å². The highest BCUT2D eigenvalue weighted by atomic mass is 16.5. The molecule has 0 radical (unpaired) electrons. The van der Waals surface area contributed by atoms with Gasteiger partial charge in [0, 0.05) is 42.9 Å². The smallest absolute Gasteiger partial charge is 0.335 e. The van der Waals surface area contributed by atoms with Crippen molar-refractivity contribution in [3.63, 3.8) is 0 Å². The van der Waals surface area contributed by atoms with E-state index < -0.39 is 6.10 Å². The molecule has 6 nitrogen and oxygen atoms in total. The second-order valence-electron chi connectivity index (χ2n) is 8.22. The molecule has 1 aromatic carbocycles. The summed E-state index contributed by atoms with van der Waals surface area (Å²) in [5, 5.41) is 14.6. The van der Waals surface area contributed by atoms with Gasteiger partial charge in [-0.2, -0.15) is 0 Å². The predicted molar refractivity (Wildman–Crippen MR) is 100 cm³/mol. The first-order valence-corrected chi connectivity index (χ1v) is 9.69. The van der Waals surface area contributed by atoms with Crippen LogP contribution in [0.5, 0.6) is 0 Å². The highest BCUT2D eigenvalue weighted by molar-refractivity contribution is 5.94. The Morgan fingerprint density at radius 1 is 1.37 bits per heavy atom. The molecule has 1 spiro atoms. The van der Waals surface area contributed by atoms with E-state index in [0.29, 0.717) is 12.1 Å². The van der Waals surface area contributed by atoms with Gasteiger partial charge in [0.05, 0.1) is 30.3 Å². The standard InChI is InChI=1S/C21H26N2O4/c1-11(26-2)15-16-14(24)10-23-9-8-21(19(15)23)12-6-4-5-7-13(12)22-18(21)17(16)20(25)27-3/h4-7,11,14-16,19,22,24H,8-10H2,1-3H3/t11-,14-,15+,16+,19-,21-/m1/s1. The number of carbonyl (C=O) groups excluding carboxylic acids is 1. The fourth-order valence-electron chi connectivity index (χ4n) is 6.34. The van der Waals surface area contributed by atoms with Gasteiger partial charge in [-0.25, -0.2) is 4.79 Å². The molecular formula is C21H26N2O4. The van der Waals surface area contributed by atoms with Crippen LogP contribution in [0.15, 0.2) is 35.5 Å². The number of anilines is 1. The fraction of sp³-hybridized carbons (Fsp3) is 0.571. The molecule has 4 aliphatic rings. The number of para-hydroxylation sites is 1. The summed E-state index contributed by atoms with van der Waals surface area (Å²) in [4.78, 5) is 15.4. The number of nitrogens with one attached hydrogen (secondary N) is 1. The van der Waals surface area contributed by atoms with E-state index in [-0.39, 0.29) is 35.4 Å². The number of benzene rings is 1. The number of nitrogens with zero attached hydrogens (tertiary/aromatic N) is 1. The highest BCUT2D eigenvalue weighted by Crippen LogP contribution is 2.62. The van der Waals surface area contributed by atoms with Crippen molar-refractivity contribution in [3.05, 3.63) is 41.1 Å². The lowest BCUT2D eigenvalue weighted by Gasteiger charge is -2.55. The summed E-state index contributed by atoms with van der Waals surface area (Å²) >= 11 is 0. The van der Waals surface area contributed by atoms with Crippen LogP contribution in [-0.4, -0.2) is 61.5 Å². The van der Waals surface area contributed by atoms with Crippen molar-refractivity contribution in [1.29, 1.82) is 0 Å². The van der Waals surface area contributed by atoms with Gasteiger partial charge in [0.1, 0.15) is 0 Å². The van der Waals surface area contributed by atoms with Gasteiger partial charge < -0.3 is 19.9 Å². The molecular weight excluding hydrogens is 344 g/mol. The number of piperidine rings is 1. The number of hydrogen-bond acceptors (Lipinski definition) is 6. The summed E-state index contributed by atoms with van der Waals surface area (Å²) in [6.45, 7) is 3.53. The van der Waals surface area contributed by atoms with Crippen molar-refractivity contribution >= 4 is 11.7 Å². The first-order chi connectivity index (χ1) is 13.0. The number of ether oxygens (including phenoxy) is 2. The Morgan fingerprint density at radius 2 is 2.15 bits per heavy atom. The normalized spacial score (nSPS) is 37.5. The first kappa shape index (κ1) is 17.2. The minimum atomic E-state index is -0.618. The van der Waals surface area contributed by atoms with Crippen molar-refractivity contribution in [3.8, 4) is 0 Å². The van der Waals surface area contributed by atoms with E-state index in [2.05, 4.69) is 28.4 Å². The molecule has 3 aliphatic heterocycles. The molecule has 2 saturated heterocycles. The number of esters is 1. The molecule has 6 heteroatoms. The van der Waals surface area contributed by atoms with E-state index in [1.165, 1.54) is 12.7 Å². The maximum atomic E-state index is 12.9. The Bertz CT molecular complexity index is 837. The van der Waals surface area contributed by atoms with Crippen LogP contribution in [0.3, 0.4) is 0 Å². The number of fused-ring (bicyclic) bond motifs is 2. The maximum absolute atomic E-state index is 12.9. The number of hydrogen-bond donors (Lipinski definition) is 2. The minimum absolute atomic E-state index is 0.0204. The second kappa shape index (κ2) is 5.80. The quantitative estimate of drug-likeness (QED) is 0.786. The molecule has 6 atom stereocenters. The number of aliphatic hydroxyl groups is 1. The predicted octanol–water partition coefficient (Wildman–Crippen LogP) is 1.51. The van der Waals surface area contributed by atoms with Crippen molar-refractivity contribution in [2.24, 2.45) is 11.8 Å². The number of aliphatic hydroxyl groups excluding tert-OH is 1. The Balaban J connectivity index is 1.83. The Morgan fingerprint density at radius 3 is 2.89 bits per heavy atom. The molecule has 2 bridgehead atoms. The van der Waals surface area contributed by atoms with Crippen LogP contribution in [-0.2, 0) is 19.7 Å². The molecule has 144 valence electrons. The van der Waals surface area contributed by atoms with Crippen molar-refractivity contribution in [1.82, 2.24) is 4.90 Å².